The van der Waals surface area contributed by atoms with Gasteiger partial charge in [-0.05, 0) is 19.9 Å². The van der Waals surface area contributed by atoms with Gasteiger partial charge in [-0.1, -0.05) is 0 Å². The van der Waals surface area contributed by atoms with E-state index in [9.17, 15) is 4.79 Å². The molecule has 15 heavy (non-hydrogen) atoms. The van der Waals surface area contributed by atoms with Gasteiger partial charge in [0.2, 0.25) is 5.91 Å². The van der Waals surface area contributed by atoms with Crippen molar-refractivity contribution in [2.24, 2.45) is 0 Å². The van der Waals surface area contributed by atoms with Crippen molar-refractivity contribution >= 4 is 5.91 Å². The van der Waals surface area contributed by atoms with Crippen molar-refractivity contribution in [1.82, 2.24) is 10.6 Å². The number of carbonyl (C=O) groups is 1. The van der Waals surface area contributed by atoms with Gasteiger partial charge in [-0.3, -0.25) is 4.79 Å². The number of rotatable bonds is 6. The van der Waals surface area contributed by atoms with Gasteiger partial charge in [-0.2, -0.15) is 0 Å². The molecule has 0 spiro atoms. The molecule has 1 aliphatic heterocycles. The molecule has 1 fully saturated rings. The predicted molar refractivity (Wildman–Crippen MR) is 56.7 cm³/mol. The first kappa shape index (κ1) is 12.4. The largest absolute Gasteiger partial charge is 0.383 e. The second kappa shape index (κ2) is 6.76. The second-order valence-electron chi connectivity index (χ2n) is 3.85. The van der Waals surface area contributed by atoms with Crippen molar-refractivity contribution in [3.63, 3.8) is 0 Å². The molecule has 0 radical (unpaired) electrons. The highest BCUT2D eigenvalue weighted by atomic mass is 16.5. The summed E-state index contributed by atoms with van der Waals surface area (Å²) in [5, 5.41) is 5.98. The molecule has 0 aromatic rings. The molecule has 88 valence electrons. The van der Waals surface area contributed by atoms with E-state index in [1.807, 2.05) is 6.92 Å². The number of hydrogen-bond acceptors (Lipinski definition) is 4. The van der Waals surface area contributed by atoms with Crippen LogP contribution in [-0.2, 0) is 14.3 Å². The van der Waals surface area contributed by atoms with Crippen molar-refractivity contribution in [1.29, 1.82) is 0 Å². The molecule has 1 amide bonds. The van der Waals surface area contributed by atoms with Crippen LogP contribution in [0.5, 0.6) is 0 Å². The maximum absolute atomic E-state index is 11.4. The Kier molecular flexibility index (Phi) is 5.60. The molecule has 0 saturated carbocycles. The van der Waals surface area contributed by atoms with Gasteiger partial charge in [-0.25, -0.2) is 0 Å². The Morgan fingerprint density at radius 3 is 3.07 bits per heavy atom. The van der Waals surface area contributed by atoms with Gasteiger partial charge < -0.3 is 20.1 Å². The van der Waals surface area contributed by atoms with E-state index < -0.39 is 0 Å². The zero-order chi connectivity index (χ0) is 11.1. The molecule has 1 saturated heterocycles. The Morgan fingerprint density at radius 1 is 1.67 bits per heavy atom. The van der Waals surface area contributed by atoms with E-state index in [1.165, 1.54) is 0 Å². The molecule has 1 aliphatic rings. The molecule has 0 aliphatic carbocycles. The number of hydrogen-bond donors (Lipinski definition) is 2. The summed E-state index contributed by atoms with van der Waals surface area (Å²) in [4.78, 5) is 11.4. The Bertz CT molecular complexity index is 193. The van der Waals surface area contributed by atoms with Gasteiger partial charge in [0, 0.05) is 19.7 Å². The molecule has 2 atom stereocenters. The minimum Gasteiger partial charge on any atom is -0.383 e. The molecule has 0 aromatic carbocycles. The number of ether oxygens (including phenoxy) is 2. The van der Waals surface area contributed by atoms with Crippen LogP contribution in [0.25, 0.3) is 0 Å². The van der Waals surface area contributed by atoms with Gasteiger partial charge in [0.05, 0.1) is 12.7 Å². The van der Waals surface area contributed by atoms with Crippen molar-refractivity contribution in [3.8, 4) is 0 Å². The summed E-state index contributed by atoms with van der Waals surface area (Å²) in [6.07, 6.45) is 1.18. The standard InChI is InChI=1S/C10H20N2O3/c1-8(6-14-2)12-10(13)7-15-9-3-4-11-5-9/h8-9,11H,3-7H2,1-2H3,(H,12,13). The molecule has 5 heteroatoms. The molecule has 1 heterocycles. The average molecular weight is 216 g/mol. The van der Waals surface area contributed by atoms with Crippen molar-refractivity contribution < 1.29 is 14.3 Å². The van der Waals surface area contributed by atoms with E-state index in [1.54, 1.807) is 7.11 Å². The molecule has 0 aromatic heterocycles. The Labute approximate surface area is 90.5 Å². The third-order valence-corrected chi connectivity index (χ3v) is 2.29. The van der Waals surface area contributed by atoms with Crippen LogP contribution < -0.4 is 10.6 Å². The van der Waals surface area contributed by atoms with Crippen LogP contribution in [0.2, 0.25) is 0 Å². The molecule has 2 unspecified atom stereocenters. The third-order valence-electron chi connectivity index (χ3n) is 2.29. The van der Waals surface area contributed by atoms with E-state index in [0.717, 1.165) is 19.5 Å². The summed E-state index contributed by atoms with van der Waals surface area (Å²) in [6, 6.07) is 0.0350. The zero-order valence-electron chi connectivity index (χ0n) is 9.41. The monoisotopic (exact) mass is 216 g/mol. The lowest BCUT2D eigenvalue weighted by Gasteiger charge is -2.14. The lowest BCUT2D eigenvalue weighted by atomic mass is 10.3. The summed E-state index contributed by atoms with van der Waals surface area (Å²) < 4.78 is 10.3. The molecule has 1 rings (SSSR count). The highest BCUT2D eigenvalue weighted by molar-refractivity contribution is 5.77. The second-order valence-corrected chi connectivity index (χ2v) is 3.85. The average Bonchev–Trinajstić information content (AvgIpc) is 2.67. The first-order valence-electron chi connectivity index (χ1n) is 5.33. The summed E-state index contributed by atoms with van der Waals surface area (Å²) >= 11 is 0. The van der Waals surface area contributed by atoms with Gasteiger partial charge >= 0.3 is 0 Å². The van der Waals surface area contributed by atoms with Gasteiger partial charge in [-0.15, -0.1) is 0 Å². The van der Waals surface area contributed by atoms with Crippen LogP contribution in [0.15, 0.2) is 0 Å². The van der Waals surface area contributed by atoms with Crippen molar-refractivity contribution in [2.75, 3.05) is 33.4 Å². The topological polar surface area (TPSA) is 59.6 Å². The zero-order valence-corrected chi connectivity index (χ0v) is 9.41. The van der Waals surface area contributed by atoms with E-state index in [4.69, 9.17) is 9.47 Å². The molecule has 5 nitrogen and oxygen atoms in total. The van der Waals surface area contributed by atoms with Crippen LogP contribution in [-0.4, -0.2) is 51.5 Å². The first-order valence-corrected chi connectivity index (χ1v) is 5.33. The highest BCUT2D eigenvalue weighted by Crippen LogP contribution is 2.02. The smallest absolute Gasteiger partial charge is 0.246 e. The Balaban J connectivity index is 2.07. The fraction of sp³-hybridized carbons (Fsp3) is 0.900. The fourth-order valence-corrected chi connectivity index (χ4v) is 1.57. The van der Waals surface area contributed by atoms with Crippen LogP contribution in [0, 0.1) is 0 Å². The van der Waals surface area contributed by atoms with Crippen LogP contribution >= 0.6 is 0 Å². The molecular weight excluding hydrogens is 196 g/mol. The minimum atomic E-state index is -0.0774. The summed E-state index contributed by atoms with van der Waals surface area (Å²) in [7, 11) is 1.61. The van der Waals surface area contributed by atoms with Crippen LogP contribution in [0.4, 0.5) is 0 Å². The van der Waals surface area contributed by atoms with Crippen molar-refractivity contribution in [3.05, 3.63) is 0 Å². The van der Waals surface area contributed by atoms with Crippen LogP contribution in [0.3, 0.4) is 0 Å². The van der Waals surface area contributed by atoms with Gasteiger partial charge in [0.15, 0.2) is 0 Å². The van der Waals surface area contributed by atoms with E-state index in [2.05, 4.69) is 10.6 Å². The summed E-state index contributed by atoms with van der Waals surface area (Å²) in [5.74, 6) is -0.0774. The lowest BCUT2D eigenvalue weighted by Crippen LogP contribution is -2.38. The molecule has 2 N–H and O–H groups in total. The number of nitrogens with one attached hydrogen (secondary N) is 2. The van der Waals surface area contributed by atoms with E-state index >= 15 is 0 Å². The van der Waals surface area contributed by atoms with Gasteiger partial charge in [0.1, 0.15) is 6.61 Å². The summed E-state index contributed by atoms with van der Waals surface area (Å²) in [5.41, 5.74) is 0. The molecule has 0 bridgehead atoms. The molecular formula is C10H20N2O3. The highest BCUT2D eigenvalue weighted by Gasteiger charge is 2.16. The lowest BCUT2D eigenvalue weighted by molar-refractivity contribution is -0.128. The fourth-order valence-electron chi connectivity index (χ4n) is 1.57. The van der Waals surface area contributed by atoms with E-state index in [0.29, 0.717) is 6.61 Å². The summed E-state index contributed by atoms with van der Waals surface area (Å²) in [6.45, 7) is 4.39. The van der Waals surface area contributed by atoms with Gasteiger partial charge in [0.25, 0.3) is 0 Å². The quantitative estimate of drug-likeness (QED) is 0.629. The Hall–Kier alpha value is -0.650. The maximum atomic E-state index is 11.4. The predicted octanol–water partition coefficient (Wildman–Crippen LogP) is -0.484. The number of carbonyl (C=O) groups excluding carboxylic acids is 1. The maximum Gasteiger partial charge on any atom is 0.246 e. The Morgan fingerprint density at radius 2 is 2.47 bits per heavy atom. The SMILES string of the molecule is COCC(C)NC(=O)COC1CCNC1. The van der Waals surface area contributed by atoms with Crippen LogP contribution in [0.1, 0.15) is 13.3 Å². The number of amides is 1. The third kappa shape index (κ3) is 5.11. The minimum absolute atomic E-state index is 0.0350. The number of methoxy groups -OCH3 is 1. The van der Waals surface area contributed by atoms with Crippen molar-refractivity contribution in [2.45, 2.75) is 25.5 Å². The normalized spacial score (nSPS) is 22.7. The van der Waals surface area contributed by atoms with E-state index in [-0.39, 0.29) is 24.7 Å². The first-order chi connectivity index (χ1) is 7.22.